The van der Waals surface area contributed by atoms with Gasteiger partial charge >= 0.3 is 0 Å². The third-order valence-corrected chi connectivity index (χ3v) is 4.32. The first kappa shape index (κ1) is 7.77. The summed E-state index contributed by atoms with van der Waals surface area (Å²) in [6, 6.07) is 0. The van der Waals surface area contributed by atoms with Gasteiger partial charge in [-0.15, -0.1) is 6.42 Å². The van der Waals surface area contributed by atoms with Crippen LogP contribution in [0.1, 0.15) is 25.7 Å². The van der Waals surface area contributed by atoms with Gasteiger partial charge in [0.15, 0.2) is 0 Å². The lowest BCUT2D eigenvalue weighted by Gasteiger charge is -2.14. The number of fused-ring (bicyclic) bond motifs is 1. The van der Waals surface area contributed by atoms with Crippen LogP contribution in [0.2, 0.25) is 0 Å². The van der Waals surface area contributed by atoms with Gasteiger partial charge in [-0.3, -0.25) is 0 Å². The Morgan fingerprint density at radius 2 is 2.09 bits per heavy atom. The molecule has 60 valence electrons. The zero-order chi connectivity index (χ0) is 8.11. The molecule has 0 aromatic carbocycles. The summed E-state index contributed by atoms with van der Waals surface area (Å²) in [4.78, 5) is 0. The second-order valence-corrected chi connectivity index (χ2v) is 4.92. The van der Waals surface area contributed by atoms with Crippen molar-refractivity contribution in [2.75, 3.05) is 0 Å². The van der Waals surface area contributed by atoms with Crippen molar-refractivity contribution in [3.63, 3.8) is 0 Å². The largest absolute Gasteiger partial charge is 0.139 e. The van der Waals surface area contributed by atoms with E-state index in [1.165, 1.54) is 12.8 Å². The number of rotatable bonds is 0. The standard InChI is InChI=1S/C9H10Cl2/c1-2-8-6-4-3-5-7(8)9(8,10)11/h1,7H,3-6H2. The summed E-state index contributed by atoms with van der Waals surface area (Å²) in [5.74, 6) is 3.15. The molecular formula is C9H10Cl2. The van der Waals surface area contributed by atoms with Gasteiger partial charge in [0.1, 0.15) is 4.33 Å². The molecule has 2 fully saturated rings. The van der Waals surface area contributed by atoms with Crippen molar-refractivity contribution in [1.82, 2.24) is 0 Å². The smallest absolute Gasteiger partial charge is 0.119 e. The zero-order valence-corrected chi connectivity index (χ0v) is 7.75. The number of alkyl halides is 2. The molecule has 0 saturated heterocycles. The van der Waals surface area contributed by atoms with Crippen LogP contribution < -0.4 is 0 Å². The second-order valence-electron chi connectivity index (χ2n) is 3.54. The highest BCUT2D eigenvalue weighted by molar-refractivity contribution is 6.52. The summed E-state index contributed by atoms with van der Waals surface area (Å²) in [6.07, 6.45) is 9.97. The maximum atomic E-state index is 6.09. The third-order valence-electron chi connectivity index (χ3n) is 3.12. The molecule has 0 spiro atoms. The number of hydrogen-bond donors (Lipinski definition) is 0. The fourth-order valence-corrected chi connectivity index (χ4v) is 3.37. The zero-order valence-electron chi connectivity index (χ0n) is 6.24. The molecule has 0 N–H and O–H groups in total. The number of terminal acetylenes is 1. The molecule has 0 aromatic heterocycles. The van der Waals surface area contributed by atoms with Gasteiger partial charge in [0, 0.05) is 5.92 Å². The Kier molecular flexibility index (Phi) is 1.48. The lowest BCUT2D eigenvalue weighted by molar-refractivity contribution is 0.415. The van der Waals surface area contributed by atoms with E-state index in [2.05, 4.69) is 5.92 Å². The summed E-state index contributed by atoms with van der Waals surface area (Å²) in [5.41, 5.74) is -0.158. The molecule has 2 heteroatoms. The number of halogens is 2. The SMILES string of the molecule is C#CC12CCCCC1C2(Cl)Cl. The van der Waals surface area contributed by atoms with Crippen LogP contribution in [0, 0.1) is 23.7 Å². The maximum absolute atomic E-state index is 6.09. The topological polar surface area (TPSA) is 0 Å². The van der Waals surface area contributed by atoms with E-state index in [4.69, 9.17) is 29.6 Å². The minimum Gasteiger partial charge on any atom is -0.119 e. The molecule has 0 bridgehead atoms. The normalized spacial score (nSPS) is 45.7. The van der Waals surface area contributed by atoms with E-state index < -0.39 is 4.33 Å². The first-order valence-electron chi connectivity index (χ1n) is 4.01. The van der Waals surface area contributed by atoms with E-state index in [9.17, 15) is 0 Å². The van der Waals surface area contributed by atoms with E-state index >= 15 is 0 Å². The second kappa shape index (κ2) is 2.09. The minimum absolute atomic E-state index is 0.158. The van der Waals surface area contributed by atoms with E-state index in [0.717, 1.165) is 12.8 Å². The molecule has 2 rings (SSSR count). The molecule has 0 radical (unpaired) electrons. The van der Waals surface area contributed by atoms with Gasteiger partial charge in [-0.1, -0.05) is 42.0 Å². The third kappa shape index (κ3) is 0.740. The average molecular weight is 189 g/mol. The van der Waals surface area contributed by atoms with Crippen LogP contribution in [-0.4, -0.2) is 4.33 Å². The molecule has 2 aliphatic carbocycles. The molecule has 0 nitrogen and oxygen atoms in total. The van der Waals surface area contributed by atoms with Crippen LogP contribution in [0.25, 0.3) is 0 Å². The van der Waals surface area contributed by atoms with Gasteiger partial charge in [-0.05, 0) is 12.8 Å². The molecule has 0 amide bonds. The molecule has 2 unspecified atom stereocenters. The van der Waals surface area contributed by atoms with Gasteiger partial charge in [-0.25, -0.2) is 0 Å². The predicted molar refractivity (Wildman–Crippen MR) is 47.7 cm³/mol. The summed E-state index contributed by atoms with van der Waals surface area (Å²) < 4.78 is -0.599. The van der Waals surface area contributed by atoms with E-state index in [-0.39, 0.29) is 5.41 Å². The van der Waals surface area contributed by atoms with Crippen LogP contribution in [0.5, 0.6) is 0 Å². The van der Waals surface area contributed by atoms with Gasteiger partial charge < -0.3 is 0 Å². The first-order chi connectivity index (χ1) is 5.15. The highest BCUT2D eigenvalue weighted by Gasteiger charge is 2.75. The molecule has 2 aliphatic rings. The molecule has 2 saturated carbocycles. The maximum Gasteiger partial charge on any atom is 0.139 e. The predicted octanol–water partition coefficient (Wildman–Crippen LogP) is 2.98. The van der Waals surface area contributed by atoms with Crippen molar-refractivity contribution < 1.29 is 0 Å². The highest BCUT2D eigenvalue weighted by Crippen LogP contribution is 2.74. The molecule has 2 atom stereocenters. The van der Waals surface area contributed by atoms with Gasteiger partial charge in [0.2, 0.25) is 0 Å². The minimum atomic E-state index is -0.599. The Labute approximate surface area is 77.3 Å². The van der Waals surface area contributed by atoms with Crippen LogP contribution in [-0.2, 0) is 0 Å². The Morgan fingerprint density at radius 1 is 1.36 bits per heavy atom. The molecular weight excluding hydrogens is 179 g/mol. The van der Waals surface area contributed by atoms with E-state index in [1.807, 2.05) is 0 Å². The van der Waals surface area contributed by atoms with Crippen LogP contribution >= 0.6 is 23.2 Å². The van der Waals surface area contributed by atoms with Crippen LogP contribution in [0.3, 0.4) is 0 Å². The summed E-state index contributed by atoms with van der Waals surface area (Å²) in [6.45, 7) is 0. The molecule has 11 heavy (non-hydrogen) atoms. The van der Waals surface area contributed by atoms with Crippen molar-refractivity contribution in [1.29, 1.82) is 0 Å². The Hall–Kier alpha value is 0.140. The van der Waals surface area contributed by atoms with Gasteiger partial charge in [0.05, 0.1) is 5.41 Å². The lowest BCUT2D eigenvalue weighted by atomic mass is 9.89. The number of hydrogen-bond acceptors (Lipinski definition) is 0. The quantitative estimate of drug-likeness (QED) is 0.406. The fraction of sp³-hybridized carbons (Fsp3) is 0.778. The molecule has 0 aliphatic heterocycles. The van der Waals surface area contributed by atoms with Crippen LogP contribution in [0.4, 0.5) is 0 Å². The Bertz CT molecular complexity index is 226. The van der Waals surface area contributed by atoms with E-state index in [0.29, 0.717) is 5.92 Å². The fourth-order valence-electron chi connectivity index (χ4n) is 2.32. The molecule has 0 heterocycles. The first-order valence-corrected chi connectivity index (χ1v) is 4.76. The monoisotopic (exact) mass is 188 g/mol. The average Bonchev–Trinajstić information content (AvgIpc) is 2.52. The Morgan fingerprint density at radius 3 is 2.55 bits per heavy atom. The van der Waals surface area contributed by atoms with Gasteiger partial charge in [0.25, 0.3) is 0 Å². The van der Waals surface area contributed by atoms with Crippen molar-refractivity contribution in [2.24, 2.45) is 11.3 Å². The van der Waals surface area contributed by atoms with Crippen molar-refractivity contribution in [3.8, 4) is 12.3 Å². The highest BCUT2D eigenvalue weighted by atomic mass is 35.5. The summed E-state index contributed by atoms with van der Waals surface area (Å²) in [7, 11) is 0. The molecule has 0 aromatic rings. The lowest BCUT2D eigenvalue weighted by Crippen LogP contribution is -2.08. The summed E-state index contributed by atoms with van der Waals surface area (Å²) in [5, 5.41) is 0. The van der Waals surface area contributed by atoms with Crippen molar-refractivity contribution >= 4 is 23.2 Å². The Balaban J connectivity index is 2.28. The van der Waals surface area contributed by atoms with E-state index in [1.54, 1.807) is 0 Å². The summed E-state index contributed by atoms with van der Waals surface area (Å²) >= 11 is 12.2. The van der Waals surface area contributed by atoms with Crippen LogP contribution in [0.15, 0.2) is 0 Å². The van der Waals surface area contributed by atoms with Crippen molar-refractivity contribution in [2.45, 2.75) is 30.0 Å². The van der Waals surface area contributed by atoms with Gasteiger partial charge in [-0.2, -0.15) is 0 Å². The van der Waals surface area contributed by atoms with Crippen molar-refractivity contribution in [3.05, 3.63) is 0 Å².